The van der Waals surface area contributed by atoms with Crippen molar-refractivity contribution in [3.8, 4) is 0 Å². The first kappa shape index (κ1) is 17.5. The number of hydrogen-bond acceptors (Lipinski definition) is 4. The average Bonchev–Trinajstić information content (AvgIpc) is 2.62. The van der Waals surface area contributed by atoms with Gasteiger partial charge in [-0.25, -0.2) is 13.1 Å². The molecule has 0 bridgehead atoms. The van der Waals surface area contributed by atoms with Crippen LogP contribution in [0.1, 0.15) is 12.8 Å². The third-order valence-electron chi connectivity index (χ3n) is 4.12. The van der Waals surface area contributed by atoms with Crippen molar-refractivity contribution in [2.75, 3.05) is 19.6 Å². The van der Waals surface area contributed by atoms with Crippen LogP contribution in [0, 0.1) is 5.92 Å². The van der Waals surface area contributed by atoms with E-state index in [0.717, 1.165) is 35.7 Å². The highest BCUT2D eigenvalue weighted by Crippen LogP contribution is 2.28. The molecule has 1 fully saturated rings. The minimum Gasteiger partial charge on any atom is -0.317 e. The Morgan fingerprint density at radius 1 is 1.00 bits per heavy atom. The second-order valence-electron chi connectivity index (χ2n) is 5.94. The van der Waals surface area contributed by atoms with Crippen molar-refractivity contribution in [3.05, 3.63) is 54.6 Å². The molecular weight excluding hydrogens is 340 g/mol. The van der Waals surface area contributed by atoms with Gasteiger partial charge in [-0.05, 0) is 62.2 Å². The second kappa shape index (κ2) is 8.16. The molecule has 1 aliphatic rings. The Morgan fingerprint density at radius 3 is 2.46 bits per heavy atom. The standard InChI is InChI=1S/C18H22N2O2S2/c21-24(22,20-14-15-9-11-19-12-10-15)18-8-4-7-17(13-18)23-16-5-2-1-3-6-16/h1-8,13,15,19-20H,9-12,14H2. The smallest absolute Gasteiger partial charge is 0.240 e. The van der Waals surface area contributed by atoms with Crippen LogP contribution in [-0.2, 0) is 10.0 Å². The van der Waals surface area contributed by atoms with Crippen molar-refractivity contribution in [2.45, 2.75) is 27.5 Å². The largest absolute Gasteiger partial charge is 0.317 e. The van der Waals surface area contributed by atoms with Gasteiger partial charge in [0, 0.05) is 16.3 Å². The zero-order chi connectivity index (χ0) is 16.8. The van der Waals surface area contributed by atoms with Gasteiger partial charge in [0.05, 0.1) is 4.90 Å². The number of nitrogens with one attached hydrogen (secondary N) is 2. The molecule has 2 aromatic carbocycles. The molecule has 0 saturated carbocycles. The first-order valence-electron chi connectivity index (χ1n) is 8.17. The lowest BCUT2D eigenvalue weighted by atomic mass is 9.99. The van der Waals surface area contributed by atoms with Crippen molar-refractivity contribution in [3.63, 3.8) is 0 Å². The Bertz CT molecular complexity index is 758. The number of rotatable bonds is 6. The van der Waals surface area contributed by atoms with Gasteiger partial charge in [0.25, 0.3) is 0 Å². The SMILES string of the molecule is O=S(=O)(NCC1CCNCC1)c1cccc(Sc2ccccc2)c1. The fraction of sp³-hybridized carbons (Fsp3) is 0.333. The molecule has 0 aliphatic carbocycles. The number of benzene rings is 2. The third-order valence-corrected chi connectivity index (χ3v) is 6.53. The molecule has 0 aromatic heterocycles. The van der Waals surface area contributed by atoms with Crippen LogP contribution >= 0.6 is 11.8 Å². The van der Waals surface area contributed by atoms with E-state index in [9.17, 15) is 8.42 Å². The van der Waals surface area contributed by atoms with E-state index in [0.29, 0.717) is 17.4 Å². The van der Waals surface area contributed by atoms with Gasteiger partial charge in [-0.1, -0.05) is 36.0 Å². The van der Waals surface area contributed by atoms with E-state index in [4.69, 9.17) is 0 Å². The summed E-state index contributed by atoms with van der Waals surface area (Å²) in [6, 6.07) is 17.1. The number of piperidine rings is 1. The van der Waals surface area contributed by atoms with Crippen molar-refractivity contribution in [1.82, 2.24) is 10.0 Å². The van der Waals surface area contributed by atoms with Crippen LogP contribution < -0.4 is 10.0 Å². The van der Waals surface area contributed by atoms with Crippen LogP contribution in [0.5, 0.6) is 0 Å². The predicted octanol–water partition coefficient (Wildman–Crippen LogP) is 3.12. The summed E-state index contributed by atoms with van der Waals surface area (Å²) in [6.45, 7) is 2.45. The highest BCUT2D eigenvalue weighted by atomic mass is 32.2. The van der Waals surface area contributed by atoms with Crippen LogP contribution in [0.25, 0.3) is 0 Å². The predicted molar refractivity (Wildman–Crippen MR) is 97.8 cm³/mol. The van der Waals surface area contributed by atoms with Crippen molar-refractivity contribution < 1.29 is 8.42 Å². The van der Waals surface area contributed by atoms with Crippen LogP contribution in [0.4, 0.5) is 0 Å². The zero-order valence-corrected chi connectivity index (χ0v) is 15.1. The fourth-order valence-electron chi connectivity index (χ4n) is 2.73. The molecule has 1 saturated heterocycles. The second-order valence-corrected chi connectivity index (χ2v) is 8.85. The van der Waals surface area contributed by atoms with Crippen molar-refractivity contribution in [1.29, 1.82) is 0 Å². The lowest BCUT2D eigenvalue weighted by Gasteiger charge is -2.22. The van der Waals surface area contributed by atoms with Gasteiger partial charge in [0.2, 0.25) is 10.0 Å². The van der Waals surface area contributed by atoms with Crippen LogP contribution in [0.3, 0.4) is 0 Å². The average molecular weight is 363 g/mol. The lowest BCUT2D eigenvalue weighted by Crippen LogP contribution is -2.35. The molecule has 2 N–H and O–H groups in total. The molecular formula is C18H22N2O2S2. The summed E-state index contributed by atoms with van der Waals surface area (Å²) in [4.78, 5) is 2.35. The summed E-state index contributed by atoms with van der Waals surface area (Å²) >= 11 is 1.56. The molecule has 2 aromatic rings. The maximum absolute atomic E-state index is 12.5. The first-order valence-corrected chi connectivity index (χ1v) is 10.5. The summed E-state index contributed by atoms with van der Waals surface area (Å²) in [5.41, 5.74) is 0. The van der Waals surface area contributed by atoms with E-state index in [-0.39, 0.29) is 0 Å². The summed E-state index contributed by atoms with van der Waals surface area (Å²) in [5, 5.41) is 3.29. The van der Waals surface area contributed by atoms with Crippen LogP contribution in [0.15, 0.2) is 69.3 Å². The van der Waals surface area contributed by atoms with Gasteiger partial charge < -0.3 is 5.32 Å². The fourth-order valence-corrected chi connectivity index (χ4v) is 4.86. The van der Waals surface area contributed by atoms with Gasteiger partial charge in [0.15, 0.2) is 0 Å². The molecule has 1 heterocycles. The van der Waals surface area contributed by atoms with Crippen LogP contribution in [0.2, 0.25) is 0 Å². The van der Waals surface area contributed by atoms with Gasteiger partial charge in [0.1, 0.15) is 0 Å². The van der Waals surface area contributed by atoms with E-state index in [1.807, 2.05) is 36.4 Å². The summed E-state index contributed by atoms with van der Waals surface area (Å²) in [5.74, 6) is 0.419. The highest BCUT2D eigenvalue weighted by Gasteiger charge is 2.19. The molecule has 0 atom stereocenters. The van der Waals surface area contributed by atoms with E-state index >= 15 is 0 Å². The van der Waals surface area contributed by atoms with E-state index in [1.165, 1.54) is 0 Å². The summed E-state index contributed by atoms with van der Waals surface area (Å²) < 4.78 is 27.9. The van der Waals surface area contributed by atoms with Gasteiger partial charge >= 0.3 is 0 Å². The molecule has 4 nitrogen and oxygen atoms in total. The minimum atomic E-state index is -3.46. The Balaban J connectivity index is 1.67. The molecule has 128 valence electrons. The zero-order valence-electron chi connectivity index (χ0n) is 13.4. The molecule has 24 heavy (non-hydrogen) atoms. The topological polar surface area (TPSA) is 58.2 Å². The van der Waals surface area contributed by atoms with E-state index in [1.54, 1.807) is 30.0 Å². The maximum atomic E-state index is 12.5. The lowest BCUT2D eigenvalue weighted by molar-refractivity contribution is 0.372. The maximum Gasteiger partial charge on any atom is 0.240 e. The molecule has 0 spiro atoms. The molecule has 3 rings (SSSR count). The Labute approximate surface area is 148 Å². The highest BCUT2D eigenvalue weighted by molar-refractivity contribution is 7.99. The number of sulfonamides is 1. The summed E-state index contributed by atoms with van der Waals surface area (Å²) in [6.07, 6.45) is 2.04. The van der Waals surface area contributed by atoms with Crippen molar-refractivity contribution in [2.24, 2.45) is 5.92 Å². The number of hydrogen-bond donors (Lipinski definition) is 2. The molecule has 1 aliphatic heterocycles. The molecule has 0 amide bonds. The normalized spacial score (nSPS) is 16.2. The van der Waals surface area contributed by atoms with Gasteiger partial charge in [-0.15, -0.1) is 0 Å². The van der Waals surface area contributed by atoms with Gasteiger partial charge in [-0.2, -0.15) is 0 Å². The quantitative estimate of drug-likeness (QED) is 0.829. The van der Waals surface area contributed by atoms with E-state index in [2.05, 4.69) is 10.0 Å². The Morgan fingerprint density at radius 2 is 1.71 bits per heavy atom. The third kappa shape index (κ3) is 4.83. The monoisotopic (exact) mass is 362 g/mol. The molecule has 0 unspecified atom stereocenters. The van der Waals surface area contributed by atoms with Crippen LogP contribution in [-0.4, -0.2) is 28.1 Å². The van der Waals surface area contributed by atoms with E-state index < -0.39 is 10.0 Å². The minimum absolute atomic E-state index is 0.331. The molecule has 0 radical (unpaired) electrons. The van der Waals surface area contributed by atoms with Crippen molar-refractivity contribution >= 4 is 21.8 Å². The summed E-state index contributed by atoms with van der Waals surface area (Å²) in [7, 11) is -3.46. The Kier molecular flexibility index (Phi) is 5.94. The Hall–Kier alpha value is -1.34. The molecule has 6 heteroatoms. The first-order chi connectivity index (χ1) is 11.6. The van der Waals surface area contributed by atoms with Gasteiger partial charge in [-0.3, -0.25) is 0 Å².